The first-order valence-corrected chi connectivity index (χ1v) is 14.5. The van der Waals surface area contributed by atoms with E-state index in [0.717, 1.165) is 25.7 Å². The maximum Gasteiger partial charge on any atom is 0.409 e. The zero-order chi connectivity index (χ0) is 29.9. The molecule has 2 aromatic rings. The van der Waals surface area contributed by atoms with Crippen molar-refractivity contribution in [2.24, 2.45) is 0 Å². The average molecular weight is 587 g/mol. The number of hydrogen-bond donors (Lipinski definition) is 2. The van der Waals surface area contributed by atoms with Gasteiger partial charge in [0.05, 0.1) is 21.8 Å². The molecule has 1 heterocycles. The summed E-state index contributed by atoms with van der Waals surface area (Å²) in [6.45, 7) is 8.38. The lowest BCUT2D eigenvalue weighted by Gasteiger charge is -2.37. The number of carbonyl (C=O) groups excluding carboxylic acids is 4. The summed E-state index contributed by atoms with van der Waals surface area (Å²) in [5.41, 5.74) is 1.89. The molecule has 2 N–H and O–H groups in total. The second-order valence-electron chi connectivity index (χ2n) is 9.78. The lowest BCUT2D eigenvalue weighted by Crippen LogP contribution is -2.48. The van der Waals surface area contributed by atoms with Crippen LogP contribution in [-0.4, -0.2) is 61.0 Å². The number of imide groups is 1. The van der Waals surface area contributed by atoms with E-state index in [2.05, 4.69) is 10.6 Å². The minimum atomic E-state index is -0.895. The fourth-order valence-electron chi connectivity index (χ4n) is 4.63. The first-order valence-electron chi connectivity index (χ1n) is 14.1. The Hall–Kier alpha value is -3.79. The molecule has 1 aliphatic heterocycles. The molecule has 0 aromatic heterocycles. The number of hydrogen-bond acceptors (Lipinski definition) is 7. The first kappa shape index (κ1) is 31.7. The summed E-state index contributed by atoms with van der Waals surface area (Å²) in [7, 11) is 0. The number of benzene rings is 2. The van der Waals surface area contributed by atoms with Crippen LogP contribution in [-0.2, 0) is 15.9 Å². The van der Waals surface area contributed by atoms with Gasteiger partial charge in [-0.05, 0) is 56.9 Å². The van der Waals surface area contributed by atoms with Crippen LogP contribution in [0.25, 0.3) is 0 Å². The molecule has 3 rings (SSSR count). The van der Waals surface area contributed by atoms with Crippen LogP contribution in [0, 0.1) is 0 Å². The normalized spacial score (nSPS) is 13.8. The van der Waals surface area contributed by atoms with Gasteiger partial charge >= 0.3 is 12.2 Å². The smallest absolute Gasteiger partial charge is 0.409 e. The number of nitrogens with one attached hydrogen (secondary N) is 2. The molecule has 2 unspecified atom stereocenters. The monoisotopic (exact) mass is 586 g/mol. The summed E-state index contributed by atoms with van der Waals surface area (Å²) < 4.78 is 11.3. The highest BCUT2D eigenvalue weighted by Gasteiger charge is 2.35. The molecule has 10 nitrogen and oxygen atoms in total. The lowest BCUT2D eigenvalue weighted by molar-refractivity contribution is 0.0547. The van der Waals surface area contributed by atoms with Crippen molar-refractivity contribution in [1.82, 2.24) is 15.5 Å². The summed E-state index contributed by atoms with van der Waals surface area (Å²) in [5.74, 6) is -0.709. The molecule has 222 valence electrons. The van der Waals surface area contributed by atoms with E-state index in [-0.39, 0.29) is 24.8 Å². The van der Waals surface area contributed by atoms with Gasteiger partial charge in [-0.15, -0.1) is 0 Å². The van der Waals surface area contributed by atoms with E-state index in [1.54, 1.807) is 55.1 Å². The third-order valence-corrected chi connectivity index (χ3v) is 7.05. The second-order valence-corrected chi connectivity index (χ2v) is 10.2. The van der Waals surface area contributed by atoms with Crippen molar-refractivity contribution in [2.75, 3.05) is 24.5 Å². The zero-order valence-corrected chi connectivity index (χ0v) is 24.8. The highest BCUT2D eigenvalue weighted by molar-refractivity contribution is 6.33. The Kier molecular flexibility index (Phi) is 11.8. The number of halogens is 1. The molecule has 0 bridgehead atoms. The Bertz CT molecular complexity index is 1170. The summed E-state index contributed by atoms with van der Waals surface area (Å²) in [6, 6.07) is 12.0. The van der Waals surface area contributed by atoms with E-state index in [1.807, 2.05) is 19.9 Å². The number of fused-ring (bicyclic) bond motifs is 1. The van der Waals surface area contributed by atoms with Crippen molar-refractivity contribution < 1.29 is 28.7 Å². The van der Waals surface area contributed by atoms with Gasteiger partial charge in [-0.25, -0.2) is 9.59 Å². The molecule has 11 heteroatoms. The quantitative estimate of drug-likeness (QED) is 0.165. The second kappa shape index (κ2) is 15.3. The van der Waals surface area contributed by atoms with E-state index in [0.29, 0.717) is 40.5 Å². The van der Waals surface area contributed by atoms with Gasteiger partial charge in [-0.3, -0.25) is 19.4 Å². The van der Waals surface area contributed by atoms with Gasteiger partial charge in [0.2, 0.25) is 0 Å². The molecule has 0 radical (unpaired) electrons. The van der Waals surface area contributed by atoms with Crippen LogP contribution in [0.15, 0.2) is 42.5 Å². The summed E-state index contributed by atoms with van der Waals surface area (Å²) in [6.07, 6.45) is 0.676. The first-order chi connectivity index (χ1) is 19.7. The fraction of sp³-hybridized carbons (Fsp3) is 0.467. The van der Waals surface area contributed by atoms with Crippen molar-refractivity contribution in [2.45, 2.75) is 72.3 Å². The minimum Gasteiger partial charge on any atom is -0.426 e. The third-order valence-electron chi connectivity index (χ3n) is 6.75. The molecule has 41 heavy (non-hydrogen) atoms. The van der Waals surface area contributed by atoms with Crippen LogP contribution in [0.4, 0.5) is 15.3 Å². The molecule has 0 fully saturated rings. The maximum atomic E-state index is 12.9. The van der Waals surface area contributed by atoms with Gasteiger partial charge < -0.3 is 20.1 Å². The number of para-hydroxylation sites is 1. The van der Waals surface area contributed by atoms with E-state index >= 15 is 0 Å². The van der Waals surface area contributed by atoms with E-state index < -0.39 is 24.6 Å². The molecular weight excluding hydrogens is 548 g/mol. The topological polar surface area (TPSA) is 117 Å². The van der Waals surface area contributed by atoms with Gasteiger partial charge in [-0.1, -0.05) is 62.6 Å². The lowest BCUT2D eigenvalue weighted by atomic mass is 10.1. The predicted octanol–water partition coefficient (Wildman–Crippen LogP) is 5.73. The number of nitrogens with zero attached hydrogens (tertiary/aromatic N) is 2. The molecule has 2 aromatic carbocycles. The average Bonchev–Trinajstić information content (AvgIpc) is 3.18. The molecule has 1 aliphatic rings. The summed E-state index contributed by atoms with van der Waals surface area (Å²) in [4.78, 5) is 53.8. The molecule has 0 aliphatic carbocycles. The van der Waals surface area contributed by atoms with Crippen LogP contribution in [0.3, 0.4) is 0 Å². The molecule has 0 spiro atoms. The Balaban J connectivity index is 1.86. The van der Waals surface area contributed by atoms with Crippen LogP contribution >= 0.6 is 11.6 Å². The van der Waals surface area contributed by atoms with Gasteiger partial charge in [0.1, 0.15) is 0 Å². The minimum absolute atomic E-state index is 0.104. The Labute approximate surface area is 246 Å². The predicted molar refractivity (Wildman–Crippen MR) is 157 cm³/mol. The number of amides is 4. The molecular formula is C30H39ClN4O6. The van der Waals surface area contributed by atoms with Crippen LogP contribution < -0.4 is 15.5 Å². The van der Waals surface area contributed by atoms with Crippen molar-refractivity contribution >= 4 is 41.3 Å². The Morgan fingerprint density at radius 3 is 1.85 bits per heavy atom. The summed E-state index contributed by atoms with van der Waals surface area (Å²) in [5, 5.41) is 5.77. The highest BCUT2D eigenvalue weighted by atomic mass is 35.5. The van der Waals surface area contributed by atoms with Crippen molar-refractivity contribution in [3.63, 3.8) is 0 Å². The zero-order valence-electron chi connectivity index (χ0n) is 24.1. The van der Waals surface area contributed by atoms with Gasteiger partial charge in [0, 0.05) is 19.6 Å². The van der Waals surface area contributed by atoms with Crippen molar-refractivity contribution in [3.05, 3.63) is 64.2 Å². The third kappa shape index (κ3) is 8.13. The number of anilines is 1. The molecule has 2 atom stereocenters. The van der Waals surface area contributed by atoms with Crippen molar-refractivity contribution in [1.29, 1.82) is 0 Å². The van der Waals surface area contributed by atoms with Gasteiger partial charge in [0.15, 0.2) is 12.5 Å². The van der Waals surface area contributed by atoms with Crippen molar-refractivity contribution in [3.8, 4) is 0 Å². The number of alkyl carbamates (subject to hydrolysis) is 2. The maximum absolute atomic E-state index is 12.9. The van der Waals surface area contributed by atoms with Crippen LogP contribution in [0.1, 0.15) is 79.7 Å². The van der Waals surface area contributed by atoms with E-state index in [1.165, 1.54) is 4.90 Å². The van der Waals surface area contributed by atoms with Crippen LogP contribution in [0.5, 0.6) is 0 Å². The summed E-state index contributed by atoms with van der Waals surface area (Å²) >= 11 is 6.71. The number of ether oxygens (including phenoxy) is 2. The van der Waals surface area contributed by atoms with Crippen LogP contribution in [0.2, 0.25) is 5.02 Å². The van der Waals surface area contributed by atoms with Gasteiger partial charge in [-0.2, -0.15) is 0 Å². The number of rotatable bonds is 14. The number of carbonyl (C=O) groups is 4. The molecule has 0 saturated heterocycles. The molecule has 0 saturated carbocycles. The van der Waals surface area contributed by atoms with Gasteiger partial charge in [0.25, 0.3) is 11.8 Å². The molecule has 4 amide bonds. The standard InChI is InChI=1S/C30H39ClN4O6/c1-5-7-17-32-29(38)40-20(3)35(21(4)41-30(39)33-18-8-6-2)26-22(12-11-15-25(26)31)16-19-34-27(36)23-13-9-10-14-24(23)28(34)37/h9-15,20-21H,5-8,16-19H2,1-4H3,(H,32,38)(H,33,39). The van der Waals surface area contributed by atoms with E-state index in [4.69, 9.17) is 21.1 Å². The fourth-order valence-corrected chi connectivity index (χ4v) is 4.92. The Morgan fingerprint density at radius 2 is 1.37 bits per heavy atom. The highest BCUT2D eigenvalue weighted by Crippen LogP contribution is 2.34. The van der Waals surface area contributed by atoms with E-state index in [9.17, 15) is 19.2 Å². The largest absolute Gasteiger partial charge is 0.426 e. The SMILES string of the molecule is CCCCNC(=O)OC(C)N(c1c(Cl)cccc1CCN1C(=O)c2ccccc2C1=O)C(C)OC(=O)NCCCC. The number of unbranched alkanes of at least 4 members (excludes halogenated alkanes) is 2. The Morgan fingerprint density at radius 1 is 0.854 bits per heavy atom.